The first-order valence-corrected chi connectivity index (χ1v) is 10.6. The van der Waals surface area contributed by atoms with Crippen LogP contribution in [0.5, 0.6) is 23.0 Å². The average Bonchev–Trinajstić information content (AvgIpc) is 2.88. The lowest BCUT2D eigenvalue weighted by molar-refractivity contribution is 0.0729. The number of esters is 1. The molecule has 0 spiro atoms. The minimum absolute atomic E-state index is 0.261. The van der Waals surface area contributed by atoms with Gasteiger partial charge in [-0.2, -0.15) is 5.10 Å². The number of nitrogens with zero attached hydrogens (tertiary/aromatic N) is 1. The second-order valence-corrected chi connectivity index (χ2v) is 7.10. The molecule has 0 saturated carbocycles. The Labute approximate surface area is 198 Å². The predicted octanol–water partition coefficient (Wildman–Crippen LogP) is 4.48. The number of carbonyl (C=O) groups excluding carboxylic acids is 2. The topological polar surface area (TPSA) is 95.5 Å². The summed E-state index contributed by atoms with van der Waals surface area (Å²) in [6.45, 7) is 2.63. The van der Waals surface area contributed by atoms with Gasteiger partial charge in [0.1, 0.15) is 11.5 Å². The molecule has 8 nitrogen and oxygen atoms in total. The Balaban J connectivity index is 1.63. The molecule has 0 aliphatic carbocycles. The molecule has 3 aromatic carbocycles. The van der Waals surface area contributed by atoms with E-state index >= 15 is 0 Å². The summed E-state index contributed by atoms with van der Waals surface area (Å²) >= 11 is 0. The second kappa shape index (κ2) is 12.1. The van der Waals surface area contributed by atoms with E-state index in [4.69, 9.17) is 18.9 Å². The van der Waals surface area contributed by atoms with Gasteiger partial charge in [-0.15, -0.1) is 0 Å². The standard InChI is InChI=1S/C26H26N2O6/c1-4-14-33-21-11-9-19(10-12-21)26(30)34-23-13-8-18(15-24(23)32-3)17-27-28-25(29)20-6-5-7-22(16-20)31-2/h5-13,15-17H,4,14H2,1-3H3,(H,28,29)/b27-17-. The van der Waals surface area contributed by atoms with Crippen LogP contribution in [0.15, 0.2) is 71.8 Å². The highest BCUT2D eigenvalue weighted by molar-refractivity contribution is 5.95. The molecule has 0 atom stereocenters. The number of hydrogen-bond donors (Lipinski definition) is 1. The van der Waals surface area contributed by atoms with E-state index in [1.807, 2.05) is 6.92 Å². The van der Waals surface area contributed by atoms with E-state index in [1.54, 1.807) is 66.7 Å². The van der Waals surface area contributed by atoms with Crippen molar-refractivity contribution < 1.29 is 28.5 Å². The van der Waals surface area contributed by atoms with Gasteiger partial charge in [0.2, 0.25) is 0 Å². The summed E-state index contributed by atoms with van der Waals surface area (Å²) < 4.78 is 21.5. The third kappa shape index (κ3) is 6.59. The van der Waals surface area contributed by atoms with Crippen molar-refractivity contribution in [1.82, 2.24) is 5.43 Å². The van der Waals surface area contributed by atoms with Gasteiger partial charge in [0, 0.05) is 5.56 Å². The quantitative estimate of drug-likeness (QED) is 0.207. The van der Waals surface area contributed by atoms with Gasteiger partial charge < -0.3 is 18.9 Å². The molecular weight excluding hydrogens is 436 g/mol. The number of rotatable bonds is 10. The Morgan fingerprint density at radius 3 is 2.38 bits per heavy atom. The molecule has 176 valence electrons. The fraction of sp³-hybridized carbons (Fsp3) is 0.192. The summed E-state index contributed by atoms with van der Waals surface area (Å²) in [4.78, 5) is 24.8. The first-order chi connectivity index (χ1) is 16.5. The smallest absolute Gasteiger partial charge is 0.343 e. The van der Waals surface area contributed by atoms with Crippen molar-refractivity contribution in [1.29, 1.82) is 0 Å². The van der Waals surface area contributed by atoms with Gasteiger partial charge in [0.25, 0.3) is 5.91 Å². The van der Waals surface area contributed by atoms with Gasteiger partial charge in [-0.25, -0.2) is 10.2 Å². The van der Waals surface area contributed by atoms with Crippen LogP contribution < -0.4 is 24.4 Å². The first-order valence-electron chi connectivity index (χ1n) is 10.6. The van der Waals surface area contributed by atoms with Gasteiger partial charge in [0.05, 0.1) is 32.6 Å². The van der Waals surface area contributed by atoms with Crippen molar-refractivity contribution in [2.24, 2.45) is 5.10 Å². The highest BCUT2D eigenvalue weighted by Crippen LogP contribution is 2.28. The summed E-state index contributed by atoms with van der Waals surface area (Å²) in [6, 6.07) is 18.4. The number of ether oxygens (including phenoxy) is 4. The van der Waals surface area contributed by atoms with Gasteiger partial charge in [0.15, 0.2) is 11.5 Å². The van der Waals surface area contributed by atoms with Gasteiger partial charge in [-0.1, -0.05) is 13.0 Å². The van der Waals surface area contributed by atoms with Crippen LogP contribution in [0, 0.1) is 0 Å². The molecule has 8 heteroatoms. The Kier molecular flexibility index (Phi) is 8.62. The van der Waals surface area contributed by atoms with Gasteiger partial charge in [-0.3, -0.25) is 4.79 Å². The number of hydrogen-bond acceptors (Lipinski definition) is 7. The fourth-order valence-electron chi connectivity index (χ4n) is 2.91. The number of nitrogens with one attached hydrogen (secondary N) is 1. The molecular formula is C26H26N2O6. The largest absolute Gasteiger partial charge is 0.497 e. The molecule has 3 aromatic rings. The predicted molar refractivity (Wildman–Crippen MR) is 128 cm³/mol. The summed E-state index contributed by atoms with van der Waals surface area (Å²) in [7, 11) is 3.00. The minimum atomic E-state index is -0.521. The zero-order valence-electron chi connectivity index (χ0n) is 19.2. The number of benzene rings is 3. The Hall–Kier alpha value is -4.33. The molecule has 0 aliphatic rings. The zero-order chi connectivity index (χ0) is 24.3. The fourth-order valence-corrected chi connectivity index (χ4v) is 2.91. The van der Waals surface area contributed by atoms with Crippen molar-refractivity contribution in [3.8, 4) is 23.0 Å². The zero-order valence-corrected chi connectivity index (χ0v) is 19.2. The van der Waals surface area contributed by atoms with Crippen LogP contribution in [0.25, 0.3) is 0 Å². The maximum absolute atomic E-state index is 12.5. The molecule has 1 amide bonds. The molecule has 0 fully saturated rings. The summed E-state index contributed by atoms with van der Waals surface area (Å²) in [5, 5.41) is 3.98. The lowest BCUT2D eigenvalue weighted by Gasteiger charge is -2.10. The molecule has 0 saturated heterocycles. The minimum Gasteiger partial charge on any atom is -0.497 e. The highest BCUT2D eigenvalue weighted by atomic mass is 16.6. The van der Waals surface area contributed by atoms with Crippen molar-refractivity contribution >= 4 is 18.1 Å². The maximum Gasteiger partial charge on any atom is 0.343 e. The first kappa shape index (κ1) is 24.3. The van der Waals surface area contributed by atoms with E-state index in [9.17, 15) is 9.59 Å². The number of carbonyl (C=O) groups is 2. The van der Waals surface area contributed by atoms with Crippen LogP contribution in [0.2, 0.25) is 0 Å². The Morgan fingerprint density at radius 2 is 1.68 bits per heavy atom. The van der Waals surface area contributed by atoms with Crippen LogP contribution in [0.1, 0.15) is 39.6 Å². The molecule has 3 rings (SSSR count). The van der Waals surface area contributed by atoms with E-state index in [0.29, 0.717) is 40.5 Å². The molecule has 0 aromatic heterocycles. The Morgan fingerprint density at radius 1 is 0.882 bits per heavy atom. The normalized spacial score (nSPS) is 10.6. The molecule has 0 radical (unpaired) electrons. The van der Waals surface area contributed by atoms with E-state index in [1.165, 1.54) is 20.4 Å². The molecule has 0 aliphatic heterocycles. The van der Waals surface area contributed by atoms with Crippen molar-refractivity contribution in [2.75, 3.05) is 20.8 Å². The number of hydrazone groups is 1. The van der Waals surface area contributed by atoms with Gasteiger partial charge in [-0.05, 0) is 72.6 Å². The maximum atomic E-state index is 12.5. The number of amides is 1. The van der Waals surface area contributed by atoms with Crippen molar-refractivity contribution in [3.63, 3.8) is 0 Å². The van der Waals surface area contributed by atoms with Crippen LogP contribution in [-0.2, 0) is 0 Å². The molecule has 0 heterocycles. The molecule has 1 N–H and O–H groups in total. The van der Waals surface area contributed by atoms with Crippen molar-refractivity contribution in [3.05, 3.63) is 83.4 Å². The van der Waals surface area contributed by atoms with E-state index < -0.39 is 5.97 Å². The van der Waals surface area contributed by atoms with E-state index in [-0.39, 0.29) is 11.7 Å². The van der Waals surface area contributed by atoms with Gasteiger partial charge >= 0.3 is 5.97 Å². The summed E-state index contributed by atoms with van der Waals surface area (Å²) in [5.41, 5.74) is 3.90. The SMILES string of the molecule is CCCOc1ccc(C(=O)Oc2ccc(/C=N\NC(=O)c3cccc(OC)c3)cc2OC)cc1. The Bertz CT molecular complexity index is 1160. The van der Waals surface area contributed by atoms with Crippen molar-refractivity contribution in [2.45, 2.75) is 13.3 Å². The average molecular weight is 463 g/mol. The molecule has 0 bridgehead atoms. The van der Waals surface area contributed by atoms with Crippen LogP contribution >= 0.6 is 0 Å². The third-order valence-corrected chi connectivity index (χ3v) is 4.66. The van der Waals surface area contributed by atoms with Crippen LogP contribution in [0.4, 0.5) is 0 Å². The lowest BCUT2D eigenvalue weighted by atomic mass is 10.2. The lowest BCUT2D eigenvalue weighted by Crippen LogP contribution is -2.17. The monoisotopic (exact) mass is 462 g/mol. The summed E-state index contributed by atoms with van der Waals surface area (Å²) in [6.07, 6.45) is 2.36. The van der Waals surface area contributed by atoms with E-state index in [2.05, 4.69) is 10.5 Å². The van der Waals surface area contributed by atoms with E-state index in [0.717, 1.165) is 6.42 Å². The second-order valence-electron chi connectivity index (χ2n) is 7.10. The number of methoxy groups -OCH3 is 2. The molecule has 34 heavy (non-hydrogen) atoms. The summed E-state index contributed by atoms with van der Waals surface area (Å²) in [5.74, 6) is 0.979. The van der Waals surface area contributed by atoms with Crippen LogP contribution in [0.3, 0.4) is 0 Å². The highest BCUT2D eigenvalue weighted by Gasteiger charge is 2.13. The third-order valence-electron chi connectivity index (χ3n) is 4.66. The molecule has 0 unspecified atom stereocenters. The van der Waals surface area contributed by atoms with Crippen LogP contribution in [-0.4, -0.2) is 38.9 Å².